The number of carbonyl (C=O) groups excluding carboxylic acids is 1. The number of nitrogens with one attached hydrogen (secondary N) is 1. The maximum atomic E-state index is 12.5. The van der Waals surface area contributed by atoms with Crippen LogP contribution in [0.15, 0.2) is 54.9 Å². The van der Waals surface area contributed by atoms with Crippen molar-refractivity contribution in [1.29, 1.82) is 0 Å². The van der Waals surface area contributed by atoms with Gasteiger partial charge in [0, 0.05) is 31.5 Å². The zero-order valence-corrected chi connectivity index (χ0v) is 13.2. The minimum atomic E-state index is -0.0945. The Morgan fingerprint density at radius 2 is 2.00 bits per heavy atom. The molecule has 116 valence electrons. The van der Waals surface area contributed by atoms with Gasteiger partial charge in [0.2, 0.25) is 0 Å². The van der Waals surface area contributed by atoms with Gasteiger partial charge in [-0.25, -0.2) is 0 Å². The molecule has 2 aromatic heterocycles. The van der Waals surface area contributed by atoms with Crippen LogP contribution >= 0.6 is 0 Å². The highest BCUT2D eigenvalue weighted by atomic mass is 16.2. The Morgan fingerprint density at radius 3 is 2.74 bits per heavy atom. The van der Waals surface area contributed by atoms with Crippen LogP contribution in [0.3, 0.4) is 0 Å². The predicted molar refractivity (Wildman–Crippen MR) is 88.8 cm³/mol. The molecule has 0 aliphatic carbocycles. The fourth-order valence-electron chi connectivity index (χ4n) is 2.38. The molecule has 1 amide bonds. The lowest BCUT2D eigenvalue weighted by Crippen LogP contribution is -2.26. The smallest absolute Gasteiger partial charge is 0.271 e. The molecular weight excluding hydrogens is 288 g/mol. The van der Waals surface area contributed by atoms with Crippen LogP contribution < -0.4 is 0 Å². The van der Waals surface area contributed by atoms with Crippen molar-refractivity contribution in [2.75, 3.05) is 7.05 Å². The number of rotatable bonds is 4. The summed E-state index contributed by atoms with van der Waals surface area (Å²) >= 11 is 0. The fourth-order valence-corrected chi connectivity index (χ4v) is 2.38. The van der Waals surface area contributed by atoms with E-state index in [0.29, 0.717) is 12.2 Å². The van der Waals surface area contributed by atoms with Crippen LogP contribution in [0, 0.1) is 6.92 Å². The van der Waals surface area contributed by atoms with E-state index in [1.807, 2.05) is 43.3 Å². The summed E-state index contributed by atoms with van der Waals surface area (Å²) in [6.07, 6.45) is 3.54. The molecule has 0 aliphatic rings. The molecule has 0 saturated heterocycles. The molecule has 0 bridgehead atoms. The molecule has 5 heteroatoms. The second-order valence-corrected chi connectivity index (χ2v) is 5.50. The number of nitrogens with zero attached hydrogens (tertiary/aromatic N) is 3. The second-order valence-electron chi connectivity index (χ2n) is 5.50. The molecule has 1 aromatic carbocycles. The number of carbonyl (C=O) groups is 1. The highest BCUT2D eigenvalue weighted by Gasteiger charge is 2.16. The Morgan fingerprint density at radius 1 is 1.22 bits per heavy atom. The maximum Gasteiger partial charge on any atom is 0.271 e. The van der Waals surface area contributed by atoms with Crippen LogP contribution in [0.2, 0.25) is 0 Å². The molecule has 0 unspecified atom stereocenters. The zero-order valence-electron chi connectivity index (χ0n) is 13.2. The monoisotopic (exact) mass is 306 g/mol. The number of hydrogen-bond acceptors (Lipinski definition) is 3. The lowest BCUT2D eigenvalue weighted by Gasteiger charge is -2.17. The van der Waals surface area contributed by atoms with Crippen molar-refractivity contribution in [2.24, 2.45) is 0 Å². The number of aryl methyl sites for hydroxylation is 1. The largest absolute Gasteiger partial charge is 0.336 e. The molecule has 0 aliphatic heterocycles. The van der Waals surface area contributed by atoms with Crippen LogP contribution in [0.5, 0.6) is 0 Å². The quantitative estimate of drug-likeness (QED) is 0.806. The number of H-pyrrole nitrogens is 1. The number of aromatic amines is 1. The summed E-state index contributed by atoms with van der Waals surface area (Å²) in [6, 6.07) is 13.5. The summed E-state index contributed by atoms with van der Waals surface area (Å²) in [5, 5.41) is 7.06. The van der Waals surface area contributed by atoms with E-state index in [9.17, 15) is 4.79 Å². The summed E-state index contributed by atoms with van der Waals surface area (Å²) in [6.45, 7) is 2.53. The van der Waals surface area contributed by atoms with Crippen molar-refractivity contribution in [3.05, 3.63) is 71.7 Å². The normalized spacial score (nSPS) is 10.5. The molecule has 23 heavy (non-hydrogen) atoms. The van der Waals surface area contributed by atoms with Gasteiger partial charge in [-0.05, 0) is 30.2 Å². The first-order chi connectivity index (χ1) is 11.1. The fraction of sp³-hybridized carbons (Fsp3) is 0.167. The Hall–Kier alpha value is -2.95. The van der Waals surface area contributed by atoms with Crippen molar-refractivity contribution in [1.82, 2.24) is 20.1 Å². The van der Waals surface area contributed by atoms with Crippen LogP contribution in [0.1, 0.15) is 21.6 Å². The molecule has 0 spiro atoms. The molecule has 1 N–H and O–H groups in total. The molecular formula is C18H18N4O. The molecule has 3 aromatic rings. The summed E-state index contributed by atoms with van der Waals surface area (Å²) in [5.74, 6) is -0.0945. The van der Waals surface area contributed by atoms with E-state index in [4.69, 9.17) is 0 Å². The Balaban J connectivity index is 1.76. The topological polar surface area (TPSA) is 61.9 Å². The summed E-state index contributed by atoms with van der Waals surface area (Å²) in [4.78, 5) is 18.3. The van der Waals surface area contributed by atoms with Crippen molar-refractivity contribution >= 4 is 5.91 Å². The lowest BCUT2D eigenvalue weighted by molar-refractivity contribution is 0.0779. The number of amides is 1. The third-order valence-electron chi connectivity index (χ3n) is 3.78. The third kappa shape index (κ3) is 3.29. The first-order valence-electron chi connectivity index (χ1n) is 7.41. The van der Waals surface area contributed by atoms with E-state index in [0.717, 1.165) is 22.4 Å². The van der Waals surface area contributed by atoms with Gasteiger partial charge < -0.3 is 4.90 Å². The van der Waals surface area contributed by atoms with Crippen LogP contribution in [-0.2, 0) is 6.54 Å². The number of pyridine rings is 1. The van der Waals surface area contributed by atoms with Crippen molar-refractivity contribution in [2.45, 2.75) is 13.5 Å². The Kier molecular flexibility index (Phi) is 4.19. The van der Waals surface area contributed by atoms with Gasteiger partial charge in [-0.3, -0.25) is 14.9 Å². The average molecular weight is 306 g/mol. The van der Waals surface area contributed by atoms with Gasteiger partial charge in [-0.1, -0.05) is 30.3 Å². The third-order valence-corrected chi connectivity index (χ3v) is 3.78. The number of benzene rings is 1. The van der Waals surface area contributed by atoms with E-state index in [1.54, 1.807) is 30.4 Å². The second kappa shape index (κ2) is 6.44. The maximum absolute atomic E-state index is 12.5. The molecule has 0 radical (unpaired) electrons. The van der Waals surface area contributed by atoms with Gasteiger partial charge in [0.15, 0.2) is 0 Å². The van der Waals surface area contributed by atoms with Crippen LogP contribution in [0.4, 0.5) is 0 Å². The Labute approximate surface area is 135 Å². The standard InChI is InChI=1S/C18H18N4O/c1-13-8-9-19-11-15(13)12-22(2)18(23)17-10-16(20-21-17)14-6-4-3-5-7-14/h3-11H,12H2,1-2H3,(H,20,21). The first-order valence-corrected chi connectivity index (χ1v) is 7.41. The van der Waals surface area contributed by atoms with Gasteiger partial charge in [0.25, 0.3) is 5.91 Å². The van der Waals surface area contributed by atoms with Gasteiger partial charge in [0.1, 0.15) is 5.69 Å². The van der Waals surface area contributed by atoms with Crippen LogP contribution in [-0.4, -0.2) is 33.0 Å². The van der Waals surface area contributed by atoms with E-state index in [1.165, 1.54) is 0 Å². The summed E-state index contributed by atoms with van der Waals surface area (Å²) < 4.78 is 0. The molecule has 0 atom stereocenters. The average Bonchev–Trinajstić information content (AvgIpc) is 3.07. The van der Waals surface area contributed by atoms with Crippen LogP contribution in [0.25, 0.3) is 11.3 Å². The molecule has 0 saturated carbocycles. The van der Waals surface area contributed by atoms with Crippen molar-refractivity contribution in [3.8, 4) is 11.3 Å². The highest BCUT2D eigenvalue weighted by molar-refractivity contribution is 5.93. The van der Waals surface area contributed by atoms with E-state index in [2.05, 4.69) is 15.2 Å². The minimum absolute atomic E-state index is 0.0945. The van der Waals surface area contributed by atoms with E-state index in [-0.39, 0.29) is 5.91 Å². The van der Waals surface area contributed by atoms with Gasteiger partial charge in [-0.2, -0.15) is 5.10 Å². The molecule has 5 nitrogen and oxygen atoms in total. The summed E-state index contributed by atoms with van der Waals surface area (Å²) in [5.41, 5.74) is 4.38. The van der Waals surface area contributed by atoms with Gasteiger partial charge >= 0.3 is 0 Å². The SMILES string of the molecule is Cc1ccncc1CN(C)C(=O)c1cc(-c2ccccc2)n[nH]1. The predicted octanol–water partition coefficient (Wildman–Crippen LogP) is 3.05. The van der Waals surface area contributed by atoms with Gasteiger partial charge in [-0.15, -0.1) is 0 Å². The summed E-state index contributed by atoms with van der Waals surface area (Å²) in [7, 11) is 1.78. The Bertz CT molecular complexity index is 811. The minimum Gasteiger partial charge on any atom is -0.336 e. The number of aromatic nitrogens is 3. The lowest BCUT2D eigenvalue weighted by atomic mass is 10.1. The van der Waals surface area contributed by atoms with Crippen molar-refractivity contribution in [3.63, 3.8) is 0 Å². The molecule has 0 fully saturated rings. The van der Waals surface area contributed by atoms with E-state index >= 15 is 0 Å². The zero-order chi connectivity index (χ0) is 16.2. The molecule has 3 rings (SSSR count). The highest BCUT2D eigenvalue weighted by Crippen LogP contribution is 2.18. The number of hydrogen-bond donors (Lipinski definition) is 1. The first kappa shape index (κ1) is 15.0. The van der Waals surface area contributed by atoms with Gasteiger partial charge in [0.05, 0.1) is 5.69 Å². The molecule has 2 heterocycles. The van der Waals surface area contributed by atoms with Crippen molar-refractivity contribution < 1.29 is 4.79 Å². The van der Waals surface area contributed by atoms with E-state index < -0.39 is 0 Å².